The number of carbonyl (C=O) groups is 1. The minimum absolute atomic E-state index is 0.0838. The van der Waals surface area contributed by atoms with Gasteiger partial charge < -0.3 is 10.1 Å². The second-order valence-corrected chi connectivity index (χ2v) is 6.54. The molecule has 1 amide bonds. The minimum atomic E-state index is -0.412. The van der Waals surface area contributed by atoms with Gasteiger partial charge in [0.1, 0.15) is 11.6 Å². The third kappa shape index (κ3) is 4.53. The summed E-state index contributed by atoms with van der Waals surface area (Å²) in [5.41, 5.74) is 1.07. The van der Waals surface area contributed by atoms with Gasteiger partial charge in [-0.25, -0.2) is 9.37 Å². The maximum absolute atomic E-state index is 13.1. The van der Waals surface area contributed by atoms with Gasteiger partial charge >= 0.3 is 0 Å². The van der Waals surface area contributed by atoms with Crippen molar-refractivity contribution in [1.82, 2.24) is 15.2 Å². The van der Waals surface area contributed by atoms with Gasteiger partial charge in [-0.2, -0.15) is 0 Å². The normalized spacial score (nSPS) is 10.6. The molecule has 26 heavy (non-hydrogen) atoms. The molecule has 1 heterocycles. The third-order valence-corrected chi connectivity index (χ3v) is 4.40. The molecular weight excluding hydrogens is 379 g/mol. The van der Waals surface area contributed by atoms with E-state index in [0.717, 1.165) is 11.8 Å². The van der Waals surface area contributed by atoms with E-state index in [1.165, 1.54) is 18.2 Å². The zero-order valence-electron chi connectivity index (χ0n) is 13.6. The topological polar surface area (TPSA) is 79.9 Å². The van der Waals surface area contributed by atoms with E-state index in [9.17, 15) is 9.18 Å². The van der Waals surface area contributed by atoms with E-state index >= 15 is 0 Å². The van der Waals surface area contributed by atoms with Gasteiger partial charge in [-0.05, 0) is 36.4 Å². The number of nitrogens with zero attached hydrogens (tertiary/aromatic N) is 2. The van der Waals surface area contributed by atoms with Crippen molar-refractivity contribution in [2.45, 2.75) is 5.16 Å². The quantitative estimate of drug-likeness (QED) is 0.620. The molecule has 1 aromatic heterocycles. The van der Waals surface area contributed by atoms with E-state index in [1.54, 1.807) is 31.4 Å². The highest BCUT2D eigenvalue weighted by atomic mass is 35.5. The molecule has 0 radical (unpaired) electrons. The number of hydrogen-bond donors (Lipinski definition) is 2. The molecule has 0 fully saturated rings. The minimum Gasteiger partial charge on any atom is -0.496 e. The van der Waals surface area contributed by atoms with Gasteiger partial charge in [0, 0.05) is 10.7 Å². The number of aromatic nitrogens is 3. The van der Waals surface area contributed by atoms with Crippen LogP contribution in [0.5, 0.6) is 5.75 Å². The van der Waals surface area contributed by atoms with E-state index in [-0.39, 0.29) is 11.7 Å². The van der Waals surface area contributed by atoms with Crippen LogP contribution < -0.4 is 10.1 Å². The smallest absolute Gasteiger partial charge is 0.234 e. The van der Waals surface area contributed by atoms with Crippen LogP contribution >= 0.6 is 23.4 Å². The van der Waals surface area contributed by atoms with Crippen LogP contribution in [0.3, 0.4) is 0 Å². The van der Waals surface area contributed by atoms with Crippen molar-refractivity contribution in [1.29, 1.82) is 0 Å². The molecule has 0 atom stereocenters. The van der Waals surface area contributed by atoms with Crippen molar-refractivity contribution >= 4 is 35.0 Å². The number of rotatable bonds is 6. The number of ether oxygens (including phenoxy) is 1. The molecule has 9 heteroatoms. The highest BCUT2D eigenvalue weighted by Gasteiger charge is 2.13. The van der Waals surface area contributed by atoms with Gasteiger partial charge in [0.15, 0.2) is 5.82 Å². The summed E-state index contributed by atoms with van der Waals surface area (Å²) in [4.78, 5) is 16.3. The molecule has 3 rings (SSSR count). The Morgan fingerprint density at radius 3 is 2.96 bits per heavy atom. The fourth-order valence-corrected chi connectivity index (χ4v) is 2.96. The summed E-state index contributed by atoms with van der Waals surface area (Å²) < 4.78 is 18.4. The van der Waals surface area contributed by atoms with Crippen molar-refractivity contribution in [2.75, 3.05) is 18.2 Å². The molecule has 0 aliphatic carbocycles. The van der Waals surface area contributed by atoms with Crippen LogP contribution in [0.25, 0.3) is 11.4 Å². The van der Waals surface area contributed by atoms with Crippen molar-refractivity contribution < 1.29 is 13.9 Å². The average molecular weight is 393 g/mol. The zero-order chi connectivity index (χ0) is 18.5. The molecule has 0 saturated heterocycles. The summed E-state index contributed by atoms with van der Waals surface area (Å²) in [6, 6.07) is 10.9. The van der Waals surface area contributed by atoms with Gasteiger partial charge in [-0.15, -0.1) is 5.10 Å². The Balaban J connectivity index is 1.64. The van der Waals surface area contributed by atoms with Crippen LogP contribution in [0.15, 0.2) is 47.6 Å². The SMILES string of the molecule is COc1ccc(Cl)cc1-c1nc(SCC(=O)Nc2cccc(F)c2)n[nH]1. The van der Waals surface area contributed by atoms with Crippen LogP contribution in [0.4, 0.5) is 10.1 Å². The van der Waals surface area contributed by atoms with Crippen molar-refractivity contribution in [3.05, 3.63) is 53.3 Å². The Labute approximate surface area is 158 Å². The second kappa shape index (κ2) is 8.20. The molecule has 2 aromatic carbocycles. The lowest BCUT2D eigenvalue weighted by atomic mass is 10.2. The van der Waals surface area contributed by atoms with Gasteiger partial charge in [0.05, 0.1) is 18.4 Å². The number of aromatic amines is 1. The van der Waals surface area contributed by atoms with Crippen molar-refractivity contribution in [3.8, 4) is 17.1 Å². The Hall–Kier alpha value is -2.58. The summed E-state index contributed by atoms with van der Waals surface area (Å²) in [6.07, 6.45) is 0. The number of H-pyrrole nitrogens is 1. The Bertz CT molecular complexity index is 935. The molecule has 0 unspecified atom stereocenters. The van der Waals surface area contributed by atoms with E-state index in [0.29, 0.717) is 33.0 Å². The lowest BCUT2D eigenvalue weighted by Gasteiger charge is -2.05. The van der Waals surface area contributed by atoms with Gasteiger partial charge in [-0.1, -0.05) is 29.4 Å². The molecule has 3 aromatic rings. The summed E-state index contributed by atoms with van der Waals surface area (Å²) in [5.74, 6) is 0.473. The predicted molar refractivity (Wildman–Crippen MR) is 99.1 cm³/mol. The lowest BCUT2D eigenvalue weighted by molar-refractivity contribution is -0.113. The predicted octanol–water partition coefficient (Wildman–Crippen LogP) is 4.00. The van der Waals surface area contributed by atoms with Crippen LogP contribution in [0, 0.1) is 5.82 Å². The van der Waals surface area contributed by atoms with Crippen LogP contribution in [-0.4, -0.2) is 34.0 Å². The maximum atomic E-state index is 13.1. The first-order valence-corrected chi connectivity index (χ1v) is 8.86. The fourth-order valence-electron chi connectivity index (χ4n) is 2.19. The van der Waals surface area contributed by atoms with E-state index < -0.39 is 5.82 Å². The highest BCUT2D eigenvalue weighted by molar-refractivity contribution is 7.99. The van der Waals surface area contributed by atoms with E-state index in [4.69, 9.17) is 16.3 Å². The number of halogens is 2. The van der Waals surface area contributed by atoms with Crippen LogP contribution in [0.2, 0.25) is 5.02 Å². The van der Waals surface area contributed by atoms with Gasteiger partial charge in [0.25, 0.3) is 0 Å². The standard InChI is InChI=1S/C17H14ClFN4O2S/c1-25-14-6-5-10(18)7-13(14)16-21-17(23-22-16)26-9-15(24)20-12-4-2-3-11(19)8-12/h2-8H,9H2,1H3,(H,20,24)(H,21,22,23). The first-order valence-electron chi connectivity index (χ1n) is 7.49. The zero-order valence-corrected chi connectivity index (χ0v) is 15.2. The van der Waals surface area contributed by atoms with Crippen LogP contribution in [0.1, 0.15) is 0 Å². The van der Waals surface area contributed by atoms with Gasteiger partial charge in [-0.3, -0.25) is 9.89 Å². The second-order valence-electron chi connectivity index (χ2n) is 5.16. The third-order valence-electron chi connectivity index (χ3n) is 3.32. The number of thioether (sulfide) groups is 1. The number of carbonyl (C=O) groups excluding carboxylic acids is 1. The largest absolute Gasteiger partial charge is 0.496 e. The highest BCUT2D eigenvalue weighted by Crippen LogP contribution is 2.31. The molecule has 2 N–H and O–H groups in total. The summed E-state index contributed by atoms with van der Waals surface area (Å²) in [7, 11) is 1.55. The molecular formula is C17H14ClFN4O2S. The first-order chi connectivity index (χ1) is 12.5. The molecule has 0 aliphatic heterocycles. The number of benzene rings is 2. The molecule has 134 valence electrons. The summed E-state index contributed by atoms with van der Waals surface area (Å²) >= 11 is 7.17. The number of nitrogens with one attached hydrogen (secondary N) is 2. The first kappa shape index (κ1) is 18.2. The molecule has 0 saturated carbocycles. The Kier molecular flexibility index (Phi) is 5.75. The fraction of sp³-hybridized carbons (Fsp3) is 0.118. The summed E-state index contributed by atoms with van der Waals surface area (Å²) in [5, 5.41) is 10.4. The van der Waals surface area contributed by atoms with E-state index in [1.807, 2.05) is 0 Å². The number of amides is 1. The Morgan fingerprint density at radius 1 is 1.35 bits per heavy atom. The van der Waals surface area contributed by atoms with Crippen LogP contribution in [-0.2, 0) is 4.79 Å². The molecule has 6 nitrogen and oxygen atoms in total. The van der Waals surface area contributed by atoms with E-state index in [2.05, 4.69) is 20.5 Å². The molecule has 0 aliphatic rings. The average Bonchev–Trinajstić information content (AvgIpc) is 3.09. The number of anilines is 1. The lowest BCUT2D eigenvalue weighted by Crippen LogP contribution is -2.14. The summed E-state index contributed by atoms with van der Waals surface area (Å²) in [6.45, 7) is 0. The number of hydrogen-bond acceptors (Lipinski definition) is 5. The number of methoxy groups -OCH3 is 1. The maximum Gasteiger partial charge on any atom is 0.234 e. The Morgan fingerprint density at radius 2 is 2.19 bits per heavy atom. The van der Waals surface area contributed by atoms with Gasteiger partial charge in [0.2, 0.25) is 11.1 Å². The monoisotopic (exact) mass is 392 g/mol. The van der Waals surface area contributed by atoms with Crippen molar-refractivity contribution in [2.24, 2.45) is 0 Å². The molecule has 0 spiro atoms. The van der Waals surface area contributed by atoms with Crippen molar-refractivity contribution in [3.63, 3.8) is 0 Å². The molecule has 0 bridgehead atoms.